The van der Waals surface area contributed by atoms with Crippen LogP contribution in [0, 0.1) is 0 Å². The first kappa shape index (κ1) is 46.3. The molecule has 0 amide bonds. The van der Waals surface area contributed by atoms with Gasteiger partial charge >= 0.3 is 0 Å². The van der Waals surface area contributed by atoms with Crippen LogP contribution in [0.1, 0.15) is 53.9 Å². The summed E-state index contributed by atoms with van der Waals surface area (Å²) in [4.78, 5) is 4.90. The van der Waals surface area contributed by atoms with Crippen LogP contribution in [0.4, 0.5) is 28.4 Å². The molecule has 5 nitrogen and oxygen atoms in total. The van der Waals surface area contributed by atoms with Crippen LogP contribution in [0.2, 0.25) is 0 Å². The van der Waals surface area contributed by atoms with Gasteiger partial charge in [-0.05, 0) is 182 Å². The Bertz CT molecular complexity index is 6580. The average molecular weight is 1270 g/mol. The zero-order valence-electron chi connectivity index (χ0n) is 66.3. The number of hydrogen-bond donors (Lipinski definition) is 0. The van der Waals surface area contributed by atoms with Crippen molar-refractivity contribution in [2.24, 2.45) is 0 Å². The third-order valence-electron chi connectivity index (χ3n) is 20.4. The number of aryl methyl sites for hydroxylation is 2. The van der Waals surface area contributed by atoms with Gasteiger partial charge in [-0.1, -0.05) is 245 Å². The molecule has 0 aliphatic carbocycles. The van der Waals surface area contributed by atoms with Crippen LogP contribution in [0.5, 0.6) is 0 Å². The number of aromatic nitrogens is 3. The van der Waals surface area contributed by atoms with Gasteiger partial charge in [0.15, 0.2) is 0 Å². The highest BCUT2D eigenvalue weighted by atomic mass is 15.2. The molecule has 0 N–H and O–H groups in total. The Morgan fingerprint density at radius 3 is 1.49 bits per heavy atom. The van der Waals surface area contributed by atoms with E-state index in [4.69, 9.17) is 5.48 Å². The predicted molar refractivity (Wildman–Crippen MR) is 416 cm³/mol. The zero-order valence-corrected chi connectivity index (χ0v) is 54.3. The molecule has 0 atom stereocenters. The second-order valence-electron chi connectivity index (χ2n) is 27.0. The van der Waals surface area contributed by atoms with E-state index in [9.17, 15) is 11.0 Å². The molecule has 14 aromatic carbocycles. The lowest BCUT2D eigenvalue weighted by molar-refractivity contribution is 0.590. The second-order valence-corrected chi connectivity index (χ2v) is 27.0. The number of anilines is 5. The molecular formula is C92H70BN5. The van der Waals surface area contributed by atoms with Crippen LogP contribution in [0.15, 0.2) is 321 Å². The van der Waals surface area contributed by atoms with Gasteiger partial charge in [-0.15, -0.1) is 0 Å². The van der Waals surface area contributed by atoms with Crippen molar-refractivity contribution in [3.05, 3.63) is 338 Å². The van der Waals surface area contributed by atoms with E-state index in [1.807, 2.05) is 47.0 Å². The van der Waals surface area contributed by atoms with Crippen molar-refractivity contribution in [3.63, 3.8) is 0 Å². The van der Waals surface area contributed by atoms with E-state index in [2.05, 4.69) is 241 Å². The molecule has 3 aromatic heterocycles. The maximum atomic E-state index is 9.92. The molecule has 0 unspecified atom stereocenters. The molecule has 0 spiro atoms. The SMILES string of the molecule is [2H]c1c([2H])c([2H])c2c(c1[2H])c1c([2H])c([2H])c([2H])c([2H])c1n2CCc1ccc2c(c1)N(CCc1cc(-c3ccccc3)cc(-c3ccccc3)c1)c1cc(C(C)(C)C)cc3c1B2c1ccc(-n2c4ccc(-n5c6ccccc6c6ccccc65)cc4c4c([2H])c([2H])c([2H])c([2H])c42)cc1N3c1cccc(-c2ccccc2)c1. The Hall–Kier alpha value is -11.9. The van der Waals surface area contributed by atoms with Gasteiger partial charge in [0.25, 0.3) is 6.71 Å². The summed E-state index contributed by atoms with van der Waals surface area (Å²) in [7, 11) is 0. The molecule has 98 heavy (non-hydrogen) atoms. The highest BCUT2D eigenvalue weighted by molar-refractivity contribution is 7.00. The molecule has 0 saturated carbocycles. The maximum absolute atomic E-state index is 9.92. The third kappa shape index (κ3) is 9.45. The van der Waals surface area contributed by atoms with Crippen molar-refractivity contribution < 1.29 is 16.4 Å². The molecule has 0 saturated heterocycles. The summed E-state index contributed by atoms with van der Waals surface area (Å²) in [5.74, 6) is 0. The first-order valence-electron chi connectivity index (χ1n) is 39.7. The van der Waals surface area contributed by atoms with E-state index < -0.39 is 36.3 Å². The standard InChI is InChI=1S/C92H70BN5/c1-92(2,3)69-57-89-91-90(58-69)98(70-31-23-30-66(56-70)63-24-7-4-8-25-63)88-60-72(97-85-41-22-17-36-77(85)78-59-71(44-47-86(78)97)96-83-39-20-15-34-75(83)76-35-16-21-40-84(76)96)43-46-80(88)93(91)79-45-42-61(48-50-94-81-37-18-13-32-73(81)74-33-14-19-38-82(74)94)54-87(79)95(89)51-49-62-52-67(64-26-9-5-10-27-64)55-68(53-62)65-28-11-6-12-29-65/h4-47,52-60H,48-51H2,1-3H3/i13D,14D,17D,18D,19D,22D,32D,33D,36D,37D,38D,41D. The van der Waals surface area contributed by atoms with Crippen molar-refractivity contribution in [2.45, 2.75) is 45.6 Å². The fourth-order valence-electron chi connectivity index (χ4n) is 15.7. The highest BCUT2D eigenvalue weighted by Gasteiger charge is 2.44. The van der Waals surface area contributed by atoms with Gasteiger partial charge in [-0.2, -0.15) is 0 Å². The average Bonchev–Trinajstić information content (AvgIpc) is 1.02. The number of benzene rings is 14. The quantitative estimate of drug-likeness (QED) is 0.114. The van der Waals surface area contributed by atoms with Crippen molar-refractivity contribution in [1.82, 2.24) is 13.7 Å². The van der Waals surface area contributed by atoms with Gasteiger partial charge < -0.3 is 23.5 Å². The number of rotatable bonds is 12. The normalized spacial score (nSPS) is 14.5. The zero-order chi connectivity index (χ0) is 75.6. The van der Waals surface area contributed by atoms with Crippen molar-refractivity contribution in [1.29, 1.82) is 0 Å². The molecule has 0 fully saturated rings. The van der Waals surface area contributed by atoms with Crippen LogP contribution < -0.4 is 26.2 Å². The van der Waals surface area contributed by atoms with Gasteiger partial charge in [0.05, 0.1) is 38.5 Å². The Balaban J connectivity index is 0.849. The lowest BCUT2D eigenvalue weighted by Crippen LogP contribution is -2.62. The predicted octanol–water partition coefficient (Wildman–Crippen LogP) is 21.5. The Morgan fingerprint density at radius 2 is 0.837 bits per heavy atom. The Morgan fingerprint density at radius 1 is 0.327 bits per heavy atom. The smallest absolute Gasteiger partial charge is 0.252 e. The van der Waals surface area contributed by atoms with Crippen molar-refractivity contribution >= 4 is 117 Å². The van der Waals surface area contributed by atoms with Crippen LogP contribution >= 0.6 is 0 Å². The molecule has 2 aliphatic rings. The topological polar surface area (TPSA) is 21.3 Å². The van der Waals surface area contributed by atoms with Gasteiger partial charge in [0.1, 0.15) is 0 Å². The van der Waals surface area contributed by atoms with E-state index >= 15 is 0 Å². The minimum Gasteiger partial charge on any atom is -0.342 e. The van der Waals surface area contributed by atoms with Crippen LogP contribution in [0.3, 0.4) is 0 Å². The summed E-state index contributed by atoms with van der Waals surface area (Å²) in [6, 6.07) is 83.5. The molecule has 2 aliphatic heterocycles. The van der Waals surface area contributed by atoms with Gasteiger partial charge in [-0.3, -0.25) is 0 Å². The van der Waals surface area contributed by atoms with Crippen LogP contribution in [-0.4, -0.2) is 27.0 Å². The third-order valence-corrected chi connectivity index (χ3v) is 20.4. The molecule has 5 heterocycles. The fraction of sp³-hybridized carbons (Fsp3) is 0.0870. The van der Waals surface area contributed by atoms with E-state index in [-0.39, 0.29) is 76.7 Å². The molecule has 17 aromatic rings. The Kier molecular flexibility index (Phi) is 10.8. The van der Waals surface area contributed by atoms with Crippen molar-refractivity contribution in [2.75, 3.05) is 16.3 Å². The summed E-state index contributed by atoms with van der Waals surface area (Å²) in [5, 5.41) is 3.39. The van der Waals surface area contributed by atoms with E-state index in [1.54, 1.807) is 4.57 Å². The summed E-state index contributed by atoms with van der Waals surface area (Å²) in [6.07, 6.45) is 0.927. The summed E-state index contributed by atoms with van der Waals surface area (Å²) < 4.78 is 117. The van der Waals surface area contributed by atoms with E-state index in [1.165, 1.54) is 0 Å². The number of para-hydroxylation sites is 5. The molecule has 466 valence electrons. The minimum absolute atomic E-state index is 0.0515. The van der Waals surface area contributed by atoms with E-state index in [0.29, 0.717) is 46.9 Å². The first-order chi connectivity index (χ1) is 53.2. The molecule has 19 rings (SSSR count). The van der Waals surface area contributed by atoms with Gasteiger partial charge in [0.2, 0.25) is 0 Å². The maximum Gasteiger partial charge on any atom is 0.252 e. The number of hydrogen-bond acceptors (Lipinski definition) is 2. The largest absolute Gasteiger partial charge is 0.342 e. The number of nitrogens with zero attached hydrogens (tertiary/aromatic N) is 5. The summed E-state index contributed by atoms with van der Waals surface area (Å²) in [5.41, 5.74) is 21.9. The monoisotopic (exact) mass is 1270 g/mol. The van der Waals surface area contributed by atoms with E-state index in [0.717, 1.165) is 122 Å². The van der Waals surface area contributed by atoms with Crippen LogP contribution in [-0.2, 0) is 24.8 Å². The first-order valence-corrected chi connectivity index (χ1v) is 33.7. The molecule has 6 heteroatoms. The van der Waals surface area contributed by atoms with Gasteiger partial charge in [0, 0.05) is 96.3 Å². The number of fused-ring (bicyclic) bond motifs is 13. The van der Waals surface area contributed by atoms with Gasteiger partial charge in [-0.25, -0.2) is 0 Å². The van der Waals surface area contributed by atoms with Crippen LogP contribution in [0.25, 0.3) is 110 Å². The van der Waals surface area contributed by atoms with Crippen molar-refractivity contribution in [3.8, 4) is 44.8 Å². The summed E-state index contributed by atoms with van der Waals surface area (Å²) in [6.45, 7) is 6.99. The molecular weight excluding hydrogens is 1190 g/mol. The minimum atomic E-state index is -0.484. The lowest BCUT2D eigenvalue weighted by atomic mass is 9.33. The Labute approximate surface area is 588 Å². The summed E-state index contributed by atoms with van der Waals surface area (Å²) >= 11 is 0. The molecule has 0 bridgehead atoms. The second kappa shape index (κ2) is 22.9. The fourth-order valence-corrected chi connectivity index (χ4v) is 15.7. The lowest BCUT2D eigenvalue weighted by Gasteiger charge is -2.45. The highest BCUT2D eigenvalue weighted by Crippen LogP contribution is 2.47. The molecule has 0 radical (unpaired) electrons.